The highest BCUT2D eigenvalue weighted by Crippen LogP contribution is 2.21. The van der Waals surface area contributed by atoms with Crippen molar-refractivity contribution in [3.8, 4) is 6.07 Å². The summed E-state index contributed by atoms with van der Waals surface area (Å²) in [5.74, 6) is 1.62. The molecule has 17 heavy (non-hydrogen) atoms. The molecule has 0 saturated heterocycles. The summed E-state index contributed by atoms with van der Waals surface area (Å²) >= 11 is 0. The first-order chi connectivity index (χ1) is 7.97. The summed E-state index contributed by atoms with van der Waals surface area (Å²) in [7, 11) is 0. The summed E-state index contributed by atoms with van der Waals surface area (Å²) < 4.78 is 0. The Morgan fingerprint density at radius 2 is 1.82 bits per heavy atom. The van der Waals surface area contributed by atoms with Crippen molar-refractivity contribution >= 4 is 11.6 Å². The molecule has 5 nitrogen and oxygen atoms in total. The minimum absolute atomic E-state index is 0.219. The summed E-state index contributed by atoms with van der Waals surface area (Å²) in [6.45, 7) is 8.53. The van der Waals surface area contributed by atoms with Gasteiger partial charge in [0.1, 0.15) is 29.6 Å². The van der Waals surface area contributed by atoms with E-state index in [-0.39, 0.29) is 11.9 Å². The third-order valence-electron chi connectivity index (χ3n) is 2.73. The maximum atomic E-state index is 9.04. The van der Waals surface area contributed by atoms with Gasteiger partial charge in [-0.15, -0.1) is 0 Å². The number of nitrogens with two attached hydrogens (primary N) is 1. The molecule has 92 valence electrons. The van der Waals surface area contributed by atoms with Crippen molar-refractivity contribution in [2.24, 2.45) is 11.8 Å². The highest BCUT2D eigenvalue weighted by Gasteiger charge is 2.20. The van der Waals surface area contributed by atoms with E-state index in [9.17, 15) is 0 Å². The highest BCUT2D eigenvalue weighted by molar-refractivity contribution is 5.62. The smallest absolute Gasteiger partial charge is 0.149 e. The van der Waals surface area contributed by atoms with Crippen LogP contribution in [0.15, 0.2) is 6.33 Å². The SMILES string of the molecule is CC(C)C(Nc1ncnc(N)c1C#N)C(C)C. The molecule has 0 bridgehead atoms. The van der Waals surface area contributed by atoms with Crippen LogP contribution in [0.3, 0.4) is 0 Å². The molecule has 0 aliphatic heterocycles. The zero-order chi connectivity index (χ0) is 13.0. The molecule has 3 N–H and O–H groups in total. The Balaban J connectivity index is 3.02. The van der Waals surface area contributed by atoms with Gasteiger partial charge >= 0.3 is 0 Å². The highest BCUT2D eigenvalue weighted by atomic mass is 15.1. The fourth-order valence-electron chi connectivity index (χ4n) is 1.88. The summed E-state index contributed by atoms with van der Waals surface area (Å²) in [6.07, 6.45) is 1.37. The molecule has 1 heterocycles. The molecule has 0 amide bonds. The molecule has 0 unspecified atom stereocenters. The molecule has 0 spiro atoms. The first-order valence-corrected chi connectivity index (χ1v) is 5.74. The van der Waals surface area contributed by atoms with Crippen LogP contribution in [0.25, 0.3) is 0 Å². The van der Waals surface area contributed by atoms with Crippen LogP contribution in [0.2, 0.25) is 0 Å². The lowest BCUT2D eigenvalue weighted by Gasteiger charge is -2.26. The number of hydrogen-bond acceptors (Lipinski definition) is 5. The van der Waals surface area contributed by atoms with Crippen LogP contribution in [0.5, 0.6) is 0 Å². The normalized spacial score (nSPS) is 10.9. The fraction of sp³-hybridized carbons (Fsp3) is 0.583. The van der Waals surface area contributed by atoms with Crippen LogP contribution in [0.4, 0.5) is 11.6 Å². The number of nitrogens with zero attached hydrogens (tertiary/aromatic N) is 3. The number of aromatic nitrogens is 2. The van der Waals surface area contributed by atoms with Crippen LogP contribution in [0.1, 0.15) is 33.3 Å². The van der Waals surface area contributed by atoms with E-state index in [2.05, 4.69) is 43.0 Å². The molecule has 0 atom stereocenters. The first-order valence-electron chi connectivity index (χ1n) is 5.74. The van der Waals surface area contributed by atoms with Gasteiger partial charge in [0, 0.05) is 6.04 Å². The van der Waals surface area contributed by atoms with Crippen molar-refractivity contribution in [1.29, 1.82) is 5.26 Å². The van der Waals surface area contributed by atoms with E-state index < -0.39 is 0 Å². The molecule has 0 saturated carbocycles. The van der Waals surface area contributed by atoms with Gasteiger partial charge in [-0.25, -0.2) is 9.97 Å². The zero-order valence-electron chi connectivity index (χ0n) is 10.7. The maximum absolute atomic E-state index is 9.04. The van der Waals surface area contributed by atoms with Gasteiger partial charge in [-0.1, -0.05) is 27.7 Å². The molecule has 0 aliphatic rings. The molecule has 1 rings (SSSR count). The van der Waals surface area contributed by atoms with Gasteiger partial charge < -0.3 is 11.1 Å². The van der Waals surface area contributed by atoms with Crippen molar-refractivity contribution < 1.29 is 0 Å². The average Bonchev–Trinajstić information content (AvgIpc) is 2.25. The van der Waals surface area contributed by atoms with E-state index in [1.807, 2.05) is 6.07 Å². The fourth-order valence-corrected chi connectivity index (χ4v) is 1.88. The van der Waals surface area contributed by atoms with Gasteiger partial charge in [-0.3, -0.25) is 0 Å². The van der Waals surface area contributed by atoms with Crippen molar-refractivity contribution in [1.82, 2.24) is 9.97 Å². The Labute approximate surface area is 102 Å². The maximum Gasteiger partial charge on any atom is 0.149 e. The summed E-state index contributed by atoms with van der Waals surface area (Å²) in [5.41, 5.74) is 5.96. The Morgan fingerprint density at radius 3 is 2.29 bits per heavy atom. The van der Waals surface area contributed by atoms with Crippen LogP contribution in [-0.2, 0) is 0 Å². The third-order valence-corrected chi connectivity index (χ3v) is 2.73. The van der Waals surface area contributed by atoms with Gasteiger partial charge in [-0.05, 0) is 11.8 Å². The first kappa shape index (κ1) is 13.2. The quantitative estimate of drug-likeness (QED) is 0.830. The zero-order valence-corrected chi connectivity index (χ0v) is 10.7. The molecule has 1 aromatic heterocycles. The number of nitrogen functional groups attached to an aromatic ring is 1. The minimum atomic E-state index is 0.219. The monoisotopic (exact) mass is 233 g/mol. The van der Waals surface area contributed by atoms with Crippen LogP contribution >= 0.6 is 0 Å². The van der Waals surface area contributed by atoms with Gasteiger partial charge in [0.15, 0.2) is 0 Å². The number of hydrogen-bond donors (Lipinski definition) is 2. The average molecular weight is 233 g/mol. The van der Waals surface area contributed by atoms with E-state index in [0.29, 0.717) is 23.2 Å². The molecule has 0 aliphatic carbocycles. The number of rotatable bonds is 4. The Morgan fingerprint density at radius 1 is 1.24 bits per heavy atom. The molecular weight excluding hydrogens is 214 g/mol. The molecule has 5 heteroatoms. The van der Waals surface area contributed by atoms with Crippen LogP contribution < -0.4 is 11.1 Å². The van der Waals surface area contributed by atoms with Crippen molar-refractivity contribution in [3.05, 3.63) is 11.9 Å². The number of nitriles is 1. The summed E-state index contributed by atoms with van der Waals surface area (Å²) in [4.78, 5) is 7.90. The lowest BCUT2D eigenvalue weighted by atomic mass is 9.93. The van der Waals surface area contributed by atoms with Gasteiger partial charge in [-0.2, -0.15) is 5.26 Å². The summed E-state index contributed by atoms with van der Waals surface area (Å²) in [5, 5.41) is 12.3. The van der Waals surface area contributed by atoms with Gasteiger partial charge in [0.25, 0.3) is 0 Å². The van der Waals surface area contributed by atoms with Gasteiger partial charge in [0.05, 0.1) is 0 Å². The van der Waals surface area contributed by atoms with Gasteiger partial charge in [0.2, 0.25) is 0 Å². The Kier molecular flexibility index (Phi) is 4.27. The van der Waals surface area contributed by atoms with E-state index >= 15 is 0 Å². The number of anilines is 2. The predicted molar refractivity (Wildman–Crippen MR) is 68.2 cm³/mol. The molecule has 0 aromatic carbocycles. The van der Waals surface area contributed by atoms with E-state index in [1.165, 1.54) is 6.33 Å². The van der Waals surface area contributed by atoms with Crippen molar-refractivity contribution in [2.75, 3.05) is 11.1 Å². The molecule has 1 aromatic rings. The molecular formula is C12H19N5. The van der Waals surface area contributed by atoms with E-state index in [0.717, 1.165) is 0 Å². The predicted octanol–water partition coefficient (Wildman–Crippen LogP) is 2.02. The second-order valence-corrected chi connectivity index (χ2v) is 4.75. The van der Waals surface area contributed by atoms with Crippen molar-refractivity contribution in [2.45, 2.75) is 33.7 Å². The van der Waals surface area contributed by atoms with Crippen molar-refractivity contribution in [3.63, 3.8) is 0 Å². The standard InChI is InChI=1S/C12H19N5/c1-7(2)10(8(3)4)17-12-9(5-13)11(14)15-6-16-12/h6-8,10H,1-4H3,(H3,14,15,16,17). The number of nitrogens with one attached hydrogen (secondary N) is 1. The third kappa shape index (κ3) is 3.06. The molecule has 0 radical (unpaired) electrons. The molecule has 0 fully saturated rings. The van der Waals surface area contributed by atoms with E-state index in [4.69, 9.17) is 11.0 Å². The minimum Gasteiger partial charge on any atom is -0.382 e. The van der Waals surface area contributed by atoms with E-state index in [1.54, 1.807) is 0 Å². The van der Waals surface area contributed by atoms with Crippen LogP contribution in [0, 0.1) is 23.2 Å². The second kappa shape index (κ2) is 5.48. The topological polar surface area (TPSA) is 87.6 Å². The second-order valence-electron chi connectivity index (χ2n) is 4.75. The Bertz CT molecular complexity index is 411. The Hall–Kier alpha value is -1.83. The van der Waals surface area contributed by atoms with Crippen LogP contribution in [-0.4, -0.2) is 16.0 Å². The lowest BCUT2D eigenvalue weighted by molar-refractivity contribution is 0.412. The largest absolute Gasteiger partial charge is 0.382 e. The summed E-state index contributed by atoms with van der Waals surface area (Å²) in [6, 6.07) is 2.28. The lowest BCUT2D eigenvalue weighted by Crippen LogP contribution is -2.32.